The first-order valence-electron chi connectivity index (χ1n) is 7.75. The fraction of sp³-hybridized carbons (Fsp3) is 0.588. The van der Waals surface area contributed by atoms with Gasteiger partial charge in [-0.05, 0) is 49.9 Å². The number of hydrogen-bond donors (Lipinski definition) is 1. The normalized spacial score (nSPS) is 16.3. The van der Waals surface area contributed by atoms with Crippen molar-refractivity contribution in [2.75, 3.05) is 6.61 Å². The number of nitrogens with one attached hydrogen (secondary N) is 1. The van der Waals surface area contributed by atoms with Crippen LogP contribution in [0.3, 0.4) is 0 Å². The van der Waals surface area contributed by atoms with Crippen molar-refractivity contribution in [3.63, 3.8) is 0 Å². The lowest BCUT2D eigenvalue weighted by Gasteiger charge is -2.16. The monoisotopic (exact) mass is 309 g/mol. The summed E-state index contributed by atoms with van der Waals surface area (Å²) in [5.41, 5.74) is 1.94. The van der Waals surface area contributed by atoms with E-state index in [1.807, 2.05) is 26.0 Å². The number of benzene rings is 1. The lowest BCUT2D eigenvalue weighted by molar-refractivity contribution is -0.123. The van der Waals surface area contributed by atoms with Crippen molar-refractivity contribution in [2.24, 2.45) is 0 Å². The summed E-state index contributed by atoms with van der Waals surface area (Å²) in [6, 6.07) is 4.06. The van der Waals surface area contributed by atoms with E-state index in [0.29, 0.717) is 11.8 Å². The Kier molecular flexibility index (Phi) is 5.92. The summed E-state index contributed by atoms with van der Waals surface area (Å²) in [5, 5.41) is 3.83. The van der Waals surface area contributed by atoms with Gasteiger partial charge in [-0.2, -0.15) is 0 Å². The Labute approximate surface area is 132 Å². The molecule has 1 aromatic rings. The molecule has 0 bridgehead atoms. The second-order valence-corrected chi connectivity index (χ2v) is 6.29. The zero-order chi connectivity index (χ0) is 15.2. The predicted molar refractivity (Wildman–Crippen MR) is 86.1 cm³/mol. The van der Waals surface area contributed by atoms with Gasteiger partial charge in [0.2, 0.25) is 0 Å². The van der Waals surface area contributed by atoms with Crippen molar-refractivity contribution in [1.82, 2.24) is 5.32 Å². The van der Waals surface area contributed by atoms with Crippen LogP contribution < -0.4 is 10.1 Å². The minimum Gasteiger partial charge on any atom is -0.484 e. The number of carbonyl (C=O) groups excluding carboxylic acids is 1. The molecule has 116 valence electrons. The highest BCUT2D eigenvalue weighted by Gasteiger charge is 2.15. The Balaban J connectivity index is 1.83. The first-order valence-corrected chi connectivity index (χ1v) is 8.13. The van der Waals surface area contributed by atoms with E-state index in [2.05, 4.69) is 5.32 Å². The quantitative estimate of drug-likeness (QED) is 0.848. The highest BCUT2D eigenvalue weighted by atomic mass is 35.5. The van der Waals surface area contributed by atoms with Crippen LogP contribution in [0.2, 0.25) is 5.02 Å². The Hall–Kier alpha value is -1.22. The first-order chi connectivity index (χ1) is 10.1. The number of halogens is 1. The van der Waals surface area contributed by atoms with Crippen LogP contribution in [0.5, 0.6) is 5.75 Å². The lowest BCUT2D eigenvalue weighted by Crippen LogP contribution is -2.37. The topological polar surface area (TPSA) is 38.3 Å². The van der Waals surface area contributed by atoms with E-state index in [1.165, 1.54) is 25.7 Å². The van der Waals surface area contributed by atoms with Crippen LogP contribution in [0.15, 0.2) is 12.1 Å². The molecule has 4 heteroatoms. The maximum atomic E-state index is 12.0. The molecular formula is C17H24ClNO2. The molecule has 1 aliphatic carbocycles. The summed E-state index contributed by atoms with van der Waals surface area (Å²) >= 11 is 6.12. The van der Waals surface area contributed by atoms with E-state index < -0.39 is 0 Å². The van der Waals surface area contributed by atoms with E-state index in [-0.39, 0.29) is 12.5 Å². The summed E-state index contributed by atoms with van der Waals surface area (Å²) in [5.74, 6) is 0.664. The number of hydrogen-bond acceptors (Lipinski definition) is 2. The average molecular weight is 310 g/mol. The summed E-state index contributed by atoms with van der Waals surface area (Å²) in [6.07, 6.45) is 7.16. The smallest absolute Gasteiger partial charge is 0.258 e. The highest BCUT2D eigenvalue weighted by Crippen LogP contribution is 2.25. The maximum absolute atomic E-state index is 12.0. The molecule has 1 fully saturated rings. The minimum atomic E-state index is -0.0350. The lowest BCUT2D eigenvalue weighted by atomic mass is 10.1. The third-order valence-corrected chi connectivity index (χ3v) is 4.60. The van der Waals surface area contributed by atoms with Crippen molar-refractivity contribution in [3.05, 3.63) is 28.3 Å². The molecule has 0 heterocycles. The number of amides is 1. The predicted octanol–water partition coefficient (Wildman–Crippen LogP) is 4.17. The Morgan fingerprint density at radius 1 is 1.19 bits per heavy atom. The molecule has 1 N–H and O–H groups in total. The minimum absolute atomic E-state index is 0.0350. The Morgan fingerprint density at radius 2 is 1.76 bits per heavy atom. The van der Waals surface area contributed by atoms with Gasteiger partial charge in [0, 0.05) is 11.1 Å². The van der Waals surface area contributed by atoms with E-state index in [1.54, 1.807) is 0 Å². The van der Waals surface area contributed by atoms with Gasteiger partial charge in [-0.15, -0.1) is 0 Å². The van der Waals surface area contributed by atoms with Crippen LogP contribution in [0.1, 0.15) is 49.7 Å². The number of aryl methyl sites for hydroxylation is 2. The molecule has 0 aliphatic heterocycles. The molecule has 1 saturated carbocycles. The van der Waals surface area contributed by atoms with Crippen LogP contribution in [-0.4, -0.2) is 18.6 Å². The second kappa shape index (κ2) is 7.69. The zero-order valence-corrected chi connectivity index (χ0v) is 13.6. The number of carbonyl (C=O) groups is 1. The van der Waals surface area contributed by atoms with Crippen LogP contribution in [-0.2, 0) is 4.79 Å². The van der Waals surface area contributed by atoms with Gasteiger partial charge in [0.05, 0.1) is 0 Å². The third-order valence-electron chi connectivity index (χ3n) is 4.00. The van der Waals surface area contributed by atoms with Crippen molar-refractivity contribution < 1.29 is 9.53 Å². The standard InChI is InChI=1S/C17H24ClNO2/c1-12-9-15(10-13(2)17(12)18)21-11-16(20)19-14-7-5-3-4-6-8-14/h9-10,14H,3-8,11H2,1-2H3,(H,19,20). The summed E-state index contributed by atoms with van der Waals surface area (Å²) in [7, 11) is 0. The van der Waals surface area contributed by atoms with Gasteiger partial charge in [-0.1, -0.05) is 37.3 Å². The molecule has 0 spiro atoms. The van der Waals surface area contributed by atoms with Crippen molar-refractivity contribution >= 4 is 17.5 Å². The summed E-state index contributed by atoms with van der Waals surface area (Å²) in [6.45, 7) is 3.94. The molecule has 0 radical (unpaired) electrons. The van der Waals surface area contributed by atoms with Gasteiger partial charge in [-0.3, -0.25) is 4.79 Å². The van der Waals surface area contributed by atoms with Gasteiger partial charge in [-0.25, -0.2) is 0 Å². The molecule has 0 unspecified atom stereocenters. The largest absolute Gasteiger partial charge is 0.484 e. The average Bonchev–Trinajstić information content (AvgIpc) is 2.71. The number of rotatable bonds is 4. The molecule has 21 heavy (non-hydrogen) atoms. The van der Waals surface area contributed by atoms with Crippen LogP contribution in [0.25, 0.3) is 0 Å². The molecule has 3 nitrogen and oxygen atoms in total. The van der Waals surface area contributed by atoms with E-state index in [4.69, 9.17) is 16.3 Å². The molecule has 2 rings (SSSR count). The fourth-order valence-corrected chi connectivity index (χ4v) is 2.94. The first kappa shape index (κ1) is 16.2. The zero-order valence-electron chi connectivity index (χ0n) is 12.9. The van der Waals surface area contributed by atoms with Gasteiger partial charge >= 0.3 is 0 Å². The molecule has 1 aliphatic rings. The third kappa shape index (κ3) is 4.92. The van der Waals surface area contributed by atoms with Crippen LogP contribution >= 0.6 is 11.6 Å². The van der Waals surface area contributed by atoms with Crippen LogP contribution in [0, 0.1) is 13.8 Å². The van der Waals surface area contributed by atoms with E-state index >= 15 is 0 Å². The number of ether oxygens (including phenoxy) is 1. The molecule has 1 aromatic carbocycles. The summed E-state index contributed by atoms with van der Waals surface area (Å²) < 4.78 is 5.59. The SMILES string of the molecule is Cc1cc(OCC(=O)NC2CCCCCC2)cc(C)c1Cl. The molecule has 0 saturated heterocycles. The molecule has 1 amide bonds. The Morgan fingerprint density at radius 3 is 2.33 bits per heavy atom. The van der Waals surface area contributed by atoms with Crippen molar-refractivity contribution in [1.29, 1.82) is 0 Å². The van der Waals surface area contributed by atoms with Gasteiger partial charge in [0.15, 0.2) is 6.61 Å². The van der Waals surface area contributed by atoms with E-state index in [9.17, 15) is 4.79 Å². The van der Waals surface area contributed by atoms with Crippen LogP contribution in [0.4, 0.5) is 0 Å². The Bertz CT molecular complexity index is 471. The maximum Gasteiger partial charge on any atom is 0.258 e. The fourth-order valence-electron chi connectivity index (χ4n) is 2.83. The van der Waals surface area contributed by atoms with Crippen molar-refractivity contribution in [3.8, 4) is 5.75 Å². The van der Waals surface area contributed by atoms with E-state index in [0.717, 1.165) is 29.0 Å². The van der Waals surface area contributed by atoms with Crippen molar-refractivity contribution in [2.45, 2.75) is 58.4 Å². The second-order valence-electron chi connectivity index (χ2n) is 5.92. The van der Waals surface area contributed by atoms with Gasteiger partial charge < -0.3 is 10.1 Å². The van der Waals surface area contributed by atoms with Gasteiger partial charge in [0.1, 0.15) is 5.75 Å². The molecular weight excluding hydrogens is 286 g/mol. The molecule has 0 aromatic heterocycles. The highest BCUT2D eigenvalue weighted by molar-refractivity contribution is 6.32. The summed E-state index contributed by atoms with van der Waals surface area (Å²) in [4.78, 5) is 12.0. The van der Waals surface area contributed by atoms with Gasteiger partial charge in [0.25, 0.3) is 5.91 Å². The molecule has 0 atom stereocenters.